The fraction of sp³-hybridized carbons (Fsp3) is 0.323. The second kappa shape index (κ2) is 14.0. The first-order chi connectivity index (χ1) is 20.8. The number of piperazine rings is 1. The molecule has 0 radical (unpaired) electrons. The molecule has 0 spiro atoms. The van der Waals surface area contributed by atoms with Crippen LogP contribution in [0.3, 0.4) is 0 Å². The lowest BCUT2D eigenvalue weighted by atomic mass is 10.1. The maximum Gasteiger partial charge on any atom is 0.316 e. The highest BCUT2D eigenvalue weighted by Crippen LogP contribution is 2.24. The van der Waals surface area contributed by atoms with Crippen molar-refractivity contribution in [3.63, 3.8) is 0 Å². The number of hydrogen-bond acceptors (Lipinski definition) is 8. The largest absolute Gasteiger partial charge is 0.467 e. The van der Waals surface area contributed by atoms with Crippen LogP contribution in [0, 0.1) is 11.7 Å². The van der Waals surface area contributed by atoms with Gasteiger partial charge in [0.2, 0.25) is 5.91 Å². The molecule has 1 atom stereocenters. The highest BCUT2D eigenvalue weighted by atomic mass is 35.5. The normalized spacial score (nSPS) is 14.0. The molecule has 12 heteroatoms. The minimum absolute atomic E-state index is 0.0500. The molecule has 0 aliphatic carbocycles. The Hall–Kier alpha value is -3.96. The van der Waals surface area contributed by atoms with E-state index in [2.05, 4.69) is 19.9 Å². The van der Waals surface area contributed by atoms with Gasteiger partial charge in [-0.05, 0) is 47.5 Å². The molecule has 1 unspecified atom stereocenters. The molecule has 4 aromatic rings. The number of anilines is 1. The van der Waals surface area contributed by atoms with Crippen molar-refractivity contribution in [3.05, 3.63) is 105 Å². The number of nitrogens with zero attached hydrogens (tertiary/aromatic N) is 6. The zero-order valence-electron chi connectivity index (χ0n) is 24.0. The predicted molar refractivity (Wildman–Crippen MR) is 165 cm³/mol. The number of methoxy groups -OCH3 is 1. The smallest absolute Gasteiger partial charge is 0.316 e. The molecule has 224 valence electrons. The van der Waals surface area contributed by atoms with E-state index in [0.717, 1.165) is 29.9 Å². The quantitative estimate of drug-likeness (QED) is 0.186. The highest BCUT2D eigenvalue weighted by molar-refractivity contribution is 7.98. The van der Waals surface area contributed by atoms with E-state index in [-0.39, 0.29) is 35.6 Å². The first kappa shape index (κ1) is 30.5. The third kappa shape index (κ3) is 7.91. The second-order valence-electron chi connectivity index (χ2n) is 10.4. The predicted octanol–water partition coefficient (Wildman–Crippen LogP) is 4.70. The Bertz CT molecular complexity index is 1590. The summed E-state index contributed by atoms with van der Waals surface area (Å²) in [5, 5.41) is 1.19. The lowest BCUT2D eigenvalue weighted by molar-refractivity contribution is -0.135. The van der Waals surface area contributed by atoms with E-state index in [1.807, 2.05) is 40.7 Å². The van der Waals surface area contributed by atoms with Crippen molar-refractivity contribution in [1.82, 2.24) is 24.4 Å². The third-order valence-electron chi connectivity index (χ3n) is 7.24. The summed E-state index contributed by atoms with van der Waals surface area (Å²) in [6, 6.07) is 14.2. The van der Waals surface area contributed by atoms with E-state index < -0.39 is 0 Å². The number of aromatic nitrogens is 4. The van der Waals surface area contributed by atoms with Crippen molar-refractivity contribution in [2.24, 2.45) is 5.92 Å². The molecular weight excluding hydrogens is 591 g/mol. The number of amides is 1. The fourth-order valence-corrected chi connectivity index (χ4v) is 5.95. The molecule has 1 aliphatic rings. The average molecular weight is 623 g/mol. The summed E-state index contributed by atoms with van der Waals surface area (Å²) in [5.41, 5.74) is 2.83. The van der Waals surface area contributed by atoms with Crippen LogP contribution in [-0.4, -0.2) is 63.6 Å². The first-order valence-corrected chi connectivity index (χ1v) is 15.3. The van der Waals surface area contributed by atoms with Gasteiger partial charge in [0.15, 0.2) is 5.16 Å². The first-order valence-electron chi connectivity index (χ1n) is 13.9. The van der Waals surface area contributed by atoms with E-state index in [1.165, 1.54) is 31.0 Å². The Balaban J connectivity index is 1.31. The number of thioether (sulfide) groups is 1. The molecular formula is C31H32ClFN6O3S. The van der Waals surface area contributed by atoms with Gasteiger partial charge < -0.3 is 19.1 Å². The van der Waals surface area contributed by atoms with Gasteiger partial charge in [-0.15, -0.1) is 0 Å². The number of carbonyl (C=O) groups excluding carboxylic acids is 1. The molecule has 1 amide bonds. The van der Waals surface area contributed by atoms with Gasteiger partial charge in [-0.25, -0.2) is 14.4 Å². The van der Waals surface area contributed by atoms with E-state index >= 15 is 0 Å². The Morgan fingerprint density at radius 1 is 1.02 bits per heavy atom. The molecule has 1 fully saturated rings. The topological polar surface area (TPSA) is 93.5 Å². The van der Waals surface area contributed by atoms with Gasteiger partial charge in [-0.1, -0.05) is 42.4 Å². The summed E-state index contributed by atoms with van der Waals surface area (Å²) in [5.74, 6) is -0.118. The van der Waals surface area contributed by atoms with Crippen LogP contribution in [0.25, 0.3) is 0 Å². The zero-order chi connectivity index (χ0) is 30.3. The van der Waals surface area contributed by atoms with E-state index in [1.54, 1.807) is 30.7 Å². The zero-order valence-corrected chi connectivity index (χ0v) is 25.5. The molecule has 43 heavy (non-hydrogen) atoms. The van der Waals surface area contributed by atoms with Crippen LogP contribution >= 0.6 is 23.4 Å². The second-order valence-corrected chi connectivity index (χ2v) is 11.7. The lowest BCUT2D eigenvalue weighted by Gasteiger charge is -2.37. The van der Waals surface area contributed by atoms with Gasteiger partial charge in [0, 0.05) is 79.8 Å². The fourth-order valence-electron chi connectivity index (χ4n) is 4.90. The van der Waals surface area contributed by atoms with Crippen molar-refractivity contribution in [2.75, 3.05) is 38.2 Å². The van der Waals surface area contributed by atoms with E-state index in [9.17, 15) is 14.0 Å². The molecule has 2 aromatic heterocycles. The van der Waals surface area contributed by atoms with Crippen LogP contribution in [0.1, 0.15) is 23.6 Å². The van der Waals surface area contributed by atoms with Crippen LogP contribution in [0.5, 0.6) is 6.01 Å². The lowest BCUT2D eigenvalue weighted by Crippen LogP contribution is -2.50. The van der Waals surface area contributed by atoms with Gasteiger partial charge in [0.05, 0.1) is 13.0 Å². The summed E-state index contributed by atoms with van der Waals surface area (Å²) in [6.07, 6.45) is 5.29. The Morgan fingerprint density at radius 2 is 1.70 bits per heavy atom. The average Bonchev–Trinajstić information content (AvgIpc) is 3.03. The van der Waals surface area contributed by atoms with Crippen molar-refractivity contribution in [1.29, 1.82) is 0 Å². The minimum atomic E-state index is -0.356. The van der Waals surface area contributed by atoms with Crippen molar-refractivity contribution in [3.8, 4) is 6.01 Å². The molecule has 0 saturated carbocycles. The van der Waals surface area contributed by atoms with Crippen LogP contribution < -0.4 is 15.2 Å². The molecule has 2 aromatic carbocycles. The van der Waals surface area contributed by atoms with Gasteiger partial charge in [-0.2, -0.15) is 4.98 Å². The number of hydrogen-bond donors (Lipinski definition) is 0. The number of carbonyl (C=O) groups is 1. The van der Waals surface area contributed by atoms with Crippen LogP contribution in [0.15, 0.2) is 77.1 Å². The number of rotatable bonds is 10. The van der Waals surface area contributed by atoms with E-state index in [0.29, 0.717) is 41.1 Å². The van der Waals surface area contributed by atoms with Crippen LogP contribution in [-0.2, 0) is 23.5 Å². The Kier molecular flexibility index (Phi) is 9.93. The van der Waals surface area contributed by atoms with Crippen LogP contribution in [0.2, 0.25) is 5.02 Å². The maximum absolute atomic E-state index is 13.5. The van der Waals surface area contributed by atoms with Gasteiger partial charge in [-0.3, -0.25) is 9.59 Å². The van der Waals surface area contributed by atoms with Crippen molar-refractivity contribution in [2.45, 2.75) is 30.8 Å². The molecule has 3 heterocycles. The summed E-state index contributed by atoms with van der Waals surface area (Å²) in [6.45, 7) is 4.93. The van der Waals surface area contributed by atoms with Gasteiger partial charge in [0.25, 0.3) is 5.56 Å². The van der Waals surface area contributed by atoms with Crippen LogP contribution in [0.4, 0.5) is 10.1 Å². The number of benzene rings is 2. The van der Waals surface area contributed by atoms with Gasteiger partial charge in [0.1, 0.15) is 5.82 Å². The molecule has 1 saturated heterocycles. The number of ether oxygens (including phenoxy) is 1. The monoisotopic (exact) mass is 622 g/mol. The van der Waals surface area contributed by atoms with Crippen molar-refractivity contribution >= 4 is 35.0 Å². The Labute approximate surface area is 258 Å². The summed E-state index contributed by atoms with van der Waals surface area (Å²) < 4.78 is 20.3. The van der Waals surface area contributed by atoms with Crippen molar-refractivity contribution < 1.29 is 13.9 Å². The van der Waals surface area contributed by atoms with E-state index in [4.69, 9.17) is 16.3 Å². The molecule has 1 aliphatic heterocycles. The molecule has 0 N–H and O–H groups in total. The summed E-state index contributed by atoms with van der Waals surface area (Å²) >= 11 is 7.41. The SMILES string of the molecule is COc1ncc(Cc2cn(CC(C)C(=O)N3CCN(c4ccc(Cl)cc4)CC3)c(SCc3ccc(F)cc3)nc2=O)cn1. The Morgan fingerprint density at radius 3 is 2.35 bits per heavy atom. The molecule has 9 nitrogen and oxygen atoms in total. The number of halogens is 2. The summed E-state index contributed by atoms with van der Waals surface area (Å²) in [7, 11) is 1.49. The molecule has 5 rings (SSSR count). The maximum atomic E-state index is 13.5. The summed E-state index contributed by atoms with van der Waals surface area (Å²) in [4.78, 5) is 43.4. The standard InChI is InChI=1S/C31H32ClFN6O3S/c1-21(29(41)38-13-11-37(12-14-38)27-9-5-25(32)6-10-27)18-39-19-24(15-23-16-34-30(42-2)35-17-23)28(40)36-31(39)43-20-22-3-7-26(33)8-4-22/h3-10,16-17,19,21H,11-15,18,20H2,1-2H3. The molecule has 0 bridgehead atoms. The van der Waals surface area contributed by atoms with Gasteiger partial charge >= 0.3 is 6.01 Å². The third-order valence-corrected chi connectivity index (χ3v) is 8.56. The highest BCUT2D eigenvalue weighted by Gasteiger charge is 2.26. The minimum Gasteiger partial charge on any atom is -0.467 e.